The lowest BCUT2D eigenvalue weighted by atomic mass is 10.2. The lowest BCUT2D eigenvalue weighted by Crippen LogP contribution is -2.29. The summed E-state index contributed by atoms with van der Waals surface area (Å²) < 4.78 is 12.4. The van der Waals surface area contributed by atoms with Crippen molar-refractivity contribution in [3.8, 4) is 0 Å². The Morgan fingerprint density at radius 2 is 2.43 bits per heavy atom. The molecule has 0 radical (unpaired) electrons. The van der Waals surface area contributed by atoms with E-state index in [1.54, 1.807) is 4.57 Å². The molecule has 2 aromatic heterocycles. The van der Waals surface area contributed by atoms with Crippen LogP contribution in [0.15, 0.2) is 17.4 Å². The molecule has 0 aliphatic carbocycles. The van der Waals surface area contributed by atoms with Gasteiger partial charge in [-0.15, -0.1) is 0 Å². The Morgan fingerprint density at radius 1 is 1.62 bits per heavy atom. The second-order valence-electron chi connectivity index (χ2n) is 4.75. The zero-order valence-electron chi connectivity index (χ0n) is 11.2. The van der Waals surface area contributed by atoms with Crippen LogP contribution in [0, 0.1) is 0 Å². The standard InChI is InChI=1S/C12H14N4O5/c1-6(18)20-7-2-9(21-8(7)3-17)16-5-15-10-11(16)13-4-14-12(10)19/h4-5,7-9,17H,2-3H2,1H3,(H,13,14,19). The number of ether oxygens (including phenoxy) is 2. The van der Waals surface area contributed by atoms with Crippen molar-refractivity contribution in [2.24, 2.45) is 0 Å². The molecule has 0 saturated carbocycles. The Morgan fingerprint density at radius 3 is 3.14 bits per heavy atom. The van der Waals surface area contributed by atoms with Crippen LogP contribution in [0.1, 0.15) is 19.6 Å². The van der Waals surface area contributed by atoms with Crippen molar-refractivity contribution in [3.05, 3.63) is 23.0 Å². The number of fused-ring (bicyclic) bond motifs is 1. The van der Waals surface area contributed by atoms with Gasteiger partial charge in [0.15, 0.2) is 11.2 Å². The SMILES string of the molecule is CC(=O)OC1CC(n2cnc3c(=O)[nH]cnc32)OC1CO. The molecule has 1 aliphatic heterocycles. The summed E-state index contributed by atoms with van der Waals surface area (Å²) in [5.74, 6) is -0.437. The zero-order valence-corrected chi connectivity index (χ0v) is 11.2. The largest absolute Gasteiger partial charge is 0.460 e. The van der Waals surface area contributed by atoms with Gasteiger partial charge in [-0.3, -0.25) is 14.2 Å². The molecule has 21 heavy (non-hydrogen) atoms. The van der Waals surface area contributed by atoms with Crippen molar-refractivity contribution in [1.29, 1.82) is 0 Å². The molecule has 0 spiro atoms. The topological polar surface area (TPSA) is 119 Å². The third-order valence-electron chi connectivity index (χ3n) is 3.35. The summed E-state index contributed by atoms with van der Waals surface area (Å²) in [6, 6.07) is 0. The van der Waals surface area contributed by atoms with Gasteiger partial charge < -0.3 is 19.6 Å². The van der Waals surface area contributed by atoms with E-state index in [-0.39, 0.29) is 17.7 Å². The summed E-state index contributed by atoms with van der Waals surface area (Å²) >= 11 is 0. The van der Waals surface area contributed by atoms with E-state index in [2.05, 4.69) is 15.0 Å². The molecule has 3 heterocycles. The molecule has 1 fully saturated rings. The Kier molecular flexibility index (Phi) is 3.43. The van der Waals surface area contributed by atoms with E-state index < -0.39 is 24.4 Å². The highest BCUT2D eigenvalue weighted by Crippen LogP contribution is 2.31. The highest BCUT2D eigenvalue weighted by Gasteiger charge is 2.38. The number of aliphatic hydroxyl groups is 1. The fourth-order valence-corrected chi connectivity index (χ4v) is 2.45. The molecule has 2 aromatic rings. The maximum atomic E-state index is 11.6. The molecule has 9 nitrogen and oxygen atoms in total. The fraction of sp³-hybridized carbons (Fsp3) is 0.500. The first-order valence-corrected chi connectivity index (χ1v) is 6.44. The number of nitrogens with zero attached hydrogens (tertiary/aromatic N) is 3. The Labute approximate surface area is 118 Å². The molecular formula is C12H14N4O5. The highest BCUT2D eigenvalue weighted by atomic mass is 16.6. The highest BCUT2D eigenvalue weighted by molar-refractivity contribution is 5.69. The van der Waals surface area contributed by atoms with Crippen molar-refractivity contribution in [2.75, 3.05) is 6.61 Å². The molecule has 0 amide bonds. The van der Waals surface area contributed by atoms with Gasteiger partial charge in [-0.25, -0.2) is 9.97 Å². The van der Waals surface area contributed by atoms with Crippen LogP contribution in [-0.2, 0) is 14.3 Å². The average Bonchev–Trinajstić information content (AvgIpc) is 3.02. The van der Waals surface area contributed by atoms with Gasteiger partial charge in [0, 0.05) is 13.3 Å². The van der Waals surface area contributed by atoms with Gasteiger partial charge in [0.25, 0.3) is 5.56 Å². The summed E-state index contributed by atoms with van der Waals surface area (Å²) in [5, 5.41) is 9.31. The van der Waals surface area contributed by atoms with Gasteiger partial charge >= 0.3 is 5.97 Å². The van der Waals surface area contributed by atoms with Crippen molar-refractivity contribution in [1.82, 2.24) is 19.5 Å². The minimum absolute atomic E-state index is 0.206. The number of hydrogen-bond acceptors (Lipinski definition) is 7. The Balaban J connectivity index is 1.91. The first-order chi connectivity index (χ1) is 10.1. The van der Waals surface area contributed by atoms with Crippen molar-refractivity contribution >= 4 is 17.1 Å². The summed E-state index contributed by atoms with van der Waals surface area (Å²) in [6.07, 6.45) is 1.42. The Bertz CT molecular complexity index is 724. The number of carbonyl (C=O) groups excluding carboxylic acids is 1. The number of nitrogens with one attached hydrogen (secondary N) is 1. The van der Waals surface area contributed by atoms with Gasteiger partial charge in [0.1, 0.15) is 18.4 Å². The van der Waals surface area contributed by atoms with Crippen molar-refractivity contribution in [3.63, 3.8) is 0 Å². The third-order valence-corrected chi connectivity index (χ3v) is 3.35. The molecular weight excluding hydrogens is 280 g/mol. The second kappa shape index (κ2) is 5.26. The number of aromatic nitrogens is 4. The van der Waals surface area contributed by atoms with E-state index in [0.717, 1.165) is 0 Å². The number of hydrogen-bond donors (Lipinski definition) is 2. The number of imidazole rings is 1. The lowest BCUT2D eigenvalue weighted by Gasteiger charge is -2.15. The van der Waals surface area contributed by atoms with Crippen LogP contribution in [0.5, 0.6) is 0 Å². The maximum absolute atomic E-state index is 11.6. The van der Waals surface area contributed by atoms with Crippen molar-refractivity contribution < 1.29 is 19.4 Å². The zero-order chi connectivity index (χ0) is 15.0. The molecule has 0 bridgehead atoms. The molecule has 1 saturated heterocycles. The minimum Gasteiger partial charge on any atom is -0.460 e. The monoisotopic (exact) mass is 294 g/mol. The van der Waals surface area contributed by atoms with Crippen LogP contribution in [-0.4, -0.2) is 49.4 Å². The van der Waals surface area contributed by atoms with Gasteiger partial charge in [-0.1, -0.05) is 0 Å². The maximum Gasteiger partial charge on any atom is 0.302 e. The van der Waals surface area contributed by atoms with Crippen LogP contribution in [0.25, 0.3) is 11.2 Å². The smallest absolute Gasteiger partial charge is 0.302 e. The van der Waals surface area contributed by atoms with Gasteiger partial charge in [-0.2, -0.15) is 0 Å². The van der Waals surface area contributed by atoms with Gasteiger partial charge in [0.05, 0.1) is 19.3 Å². The number of carbonyl (C=O) groups is 1. The quantitative estimate of drug-likeness (QED) is 0.720. The van der Waals surface area contributed by atoms with Crippen LogP contribution >= 0.6 is 0 Å². The molecule has 1 aliphatic rings. The first kappa shape index (κ1) is 13.7. The summed E-state index contributed by atoms with van der Waals surface area (Å²) in [4.78, 5) is 33.2. The van der Waals surface area contributed by atoms with Crippen LogP contribution < -0.4 is 5.56 Å². The van der Waals surface area contributed by atoms with E-state index >= 15 is 0 Å². The fourth-order valence-electron chi connectivity index (χ4n) is 2.45. The molecule has 112 valence electrons. The molecule has 0 aromatic carbocycles. The lowest BCUT2D eigenvalue weighted by molar-refractivity contribution is -0.150. The van der Waals surface area contributed by atoms with Gasteiger partial charge in [-0.05, 0) is 0 Å². The number of aliphatic hydroxyl groups excluding tert-OH is 1. The molecule has 3 atom stereocenters. The van der Waals surface area contributed by atoms with E-state index in [9.17, 15) is 14.7 Å². The molecule has 2 N–H and O–H groups in total. The number of H-pyrrole nitrogens is 1. The average molecular weight is 294 g/mol. The predicted molar refractivity (Wildman–Crippen MR) is 69.3 cm³/mol. The summed E-state index contributed by atoms with van der Waals surface area (Å²) in [6.45, 7) is 1.03. The Hall–Kier alpha value is -2.26. The normalized spacial score (nSPS) is 25.3. The van der Waals surface area contributed by atoms with Gasteiger partial charge in [0.2, 0.25) is 0 Å². The van der Waals surface area contributed by atoms with Crippen LogP contribution in [0.2, 0.25) is 0 Å². The van der Waals surface area contributed by atoms with Crippen LogP contribution in [0.4, 0.5) is 0 Å². The second-order valence-corrected chi connectivity index (χ2v) is 4.75. The minimum atomic E-state index is -0.613. The van der Waals surface area contributed by atoms with E-state index in [1.807, 2.05) is 0 Å². The number of esters is 1. The third kappa shape index (κ3) is 2.41. The van der Waals surface area contributed by atoms with Crippen LogP contribution in [0.3, 0.4) is 0 Å². The number of aromatic amines is 1. The van der Waals surface area contributed by atoms with E-state index in [0.29, 0.717) is 12.1 Å². The van der Waals surface area contributed by atoms with E-state index in [1.165, 1.54) is 19.6 Å². The first-order valence-electron chi connectivity index (χ1n) is 6.44. The summed E-state index contributed by atoms with van der Waals surface area (Å²) in [7, 11) is 0. The van der Waals surface area contributed by atoms with E-state index in [4.69, 9.17) is 9.47 Å². The number of rotatable bonds is 3. The summed E-state index contributed by atoms with van der Waals surface area (Å²) in [5.41, 5.74) is 0.244. The molecule has 3 unspecified atom stereocenters. The molecule has 3 rings (SSSR count). The van der Waals surface area contributed by atoms with Crippen molar-refractivity contribution in [2.45, 2.75) is 31.8 Å². The predicted octanol–water partition coefficient (Wildman–Crippen LogP) is -0.669. The molecule has 9 heteroatoms.